The number of aromatic nitrogens is 1. The standard InChI is InChI=1S/C21H19ClN2OS/c22-15-4-1-3-14(11-15)20-12-21(18-5-2-6-19(18)24-20)23-16-7-9-17(10-8-16)26-13-25/h1,3-4,7-12,25H,2,5-6,13H2,(H,23,24). The maximum Gasteiger partial charge on any atom is 0.0932 e. The summed E-state index contributed by atoms with van der Waals surface area (Å²) in [4.78, 5) is 5.93. The zero-order chi connectivity index (χ0) is 17.9. The lowest BCUT2D eigenvalue weighted by Gasteiger charge is -2.14. The predicted octanol–water partition coefficient (Wildman–Crippen LogP) is 5.68. The highest BCUT2D eigenvalue weighted by Gasteiger charge is 2.18. The van der Waals surface area contributed by atoms with E-state index in [0.29, 0.717) is 0 Å². The molecule has 2 N–H and O–H groups in total. The molecular formula is C21H19ClN2OS. The number of nitrogens with zero attached hydrogens (tertiary/aromatic N) is 1. The lowest BCUT2D eigenvalue weighted by atomic mass is 10.1. The van der Waals surface area contributed by atoms with Crippen molar-refractivity contribution in [1.29, 1.82) is 0 Å². The topological polar surface area (TPSA) is 45.1 Å². The van der Waals surface area contributed by atoms with Gasteiger partial charge in [0, 0.05) is 32.6 Å². The number of thioether (sulfide) groups is 1. The first kappa shape index (κ1) is 17.4. The second-order valence-corrected chi connectivity index (χ2v) is 7.72. The van der Waals surface area contributed by atoms with Crippen LogP contribution in [0.5, 0.6) is 0 Å². The number of anilines is 2. The molecule has 26 heavy (non-hydrogen) atoms. The monoisotopic (exact) mass is 382 g/mol. The number of rotatable bonds is 5. The molecule has 0 bridgehead atoms. The minimum Gasteiger partial charge on any atom is -0.385 e. The molecule has 0 radical (unpaired) electrons. The summed E-state index contributed by atoms with van der Waals surface area (Å²) in [5, 5.41) is 13.3. The summed E-state index contributed by atoms with van der Waals surface area (Å²) in [6, 6.07) is 18.1. The van der Waals surface area contributed by atoms with E-state index < -0.39 is 0 Å². The number of benzene rings is 2. The van der Waals surface area contributed by atoms with Crippen molar-refractivity contribution in [1.82, 2.24) is 4.98 Å². The quantitative estimate of drug-likeness (QED) is 0.440. The third-order valence-electron chi connectivity index (χ3n) is 4.54. The van der Waals surface area contributed by atoms with Crippen LogP contribution in [0, 0.1) is 0 Å². The van der Waals surface area contributed by atoms with Gasteiger partial charge in [-0.2, -0.15) is 0 Å². The number of hydrogen-bond donors (Lipinski definition) is 2. The first-order valence-corrected chi connectivity index (χ1v) is 9.99. The van der Waals surface area contributed by atoms with Gasteiger partial charge in [-0.15, -0.1) is 0 Å². The van der Waals surface area contributed by atoms with Gasteiger partial charge in [-0.05, 0) is 67.3 Å². The minimum atomic E-state index is 0.0909. The van der Waals surface area contributed by atoms with E-state index in [1.807, 2.05) is 48.5 Å². The Morgan fingerprint density at radius 1 is 1.08 bits per heavy atom. The highest BCUT2D eigenvalue weighted by molar-refractivity contribution is 7.99. The number of pyridine rings is 1. The molecule has 0 saturated heterocycles. The fourth-order valence-corrected chi connectivity index (χ4v) is 3.98. The molecule has 3 nitrogen and oxygen atoms in total. The molecule has 0 atom stereocenters. The Balaban J connectivity index is 1.69. The third kappa shape index (κ3) is 3.73. The molecule has 0 amide bonds. The molecule has 1 heterocycles. The number of halogens is 1. The summed E-state index contributed by atoms with van der Waals surface area (Å²) < 4.78 is 0. The number of aryl methyl sites for hydroxylation is 1. The van der Waals surface area contributed by atoms with E-state index in [9.17, 15) is 0 Å². The van der Waals surface area contributed by atoms with Gasteiger partial charge in [0.1, 0.15) is 0 Å². The van der Waals surface area contributed by atoms with Crippen molar-refractivity contribution in [2.45, 2.75) is 24.2 Å². The fraction of sp³-hybridized carbons (Fsp3) is 0.190. The van der Waals surface area contributed by atoms with Crippen molar-refractivity contribution in [2.75, 3.05) is 11.3 Å². The summed E-state index contributed by atoms with van der Waals surface area (Å²) in [6.07, 6.45) is 3.21. The van der Waals surface area contributed by atoms with E-state index in [1.54, 1.807) is 0 Å². The number of nitrogens with one attached hydrogen (secondary N) is 1. The van der Waals surface area contributed by atoms with Crippen LogP contribution in [0.1, 0.15) is 17.7 Å². The SMILES string of the molecule is OCSc1ccc(Nc2cc(-c3cccc(Cl)c3)nc3c2CCC3)cc1. The molecule has 0 aliphatic heterocycles. The number of fused-ring (bicyclic) bond motifs is 1. The fourth-order valence-electron chi connectivity index (χ4n) is 3.31. The van der Waals surface area contributed by atoms with Gasteiger partial charge in [-0.1, -0.05) is 35.5 Å². The van der Waals surface area contributed by atoms with E-state index in [4.69, 9.17) is 21.7 Å². The first-order valence-electron chi connectivity index (χ1n) is 8.62. The lowest BCUT2D eigenvalue weighted by molar-refractivity contribution is 0.375. The molecule has 4 rings (SSSR count). The van der Waals surface area contributed by atoms with Gasteiger partial charge in [0.15, 0.2) is 0 Å². The molecule has 0 fully saturated rings. The van der Waals surface area contributed by atoms with Gasteiger partial charge >= 0.3 is 0 Å². The van der Waals surface area contributed by atoms with Gasteiger partial charge in [-0.3, -0.25) is 4.98 Å². The summed E-state index contributed by atoms with van der Waals surface area (Å²) in [6.45, 7) is 0. The van der Waals surface area contributed by atoms with Crippen LogP contribution in [0.2, 0.25) is 5.02 Å². The van der Waals surface area contributed by atoms with Gasteiger partial charge in [0.05, 0.1) is 11.6 Å². The molecular weight excluding hydrogens is 364 g/mol. The van der Waals surface area contributed by atoms with Crippen molar-refractivity contribution in [3.63, 3.8) is 0 Å². The second-order valence-electron chi connectivity index (χ2n) is 6.27. The summed E-state index contributed by atoms with van der Waals surface area (Å²) in [5.41, 5.74) is 6.62. The molecule has 0 saturated carbocycles. The summed E-state index contributed by atoms with van der Waals surface area (Å²) in [5.74, 6) is 0.0909. The molecule has 1 aromatic heterocycles. The van der Waals surface area contributed by atoms with E-state index in [0.717, 1.165) is 51.8 Å². The average Bonchev–Trinajstić information content (AvgIpc) is 3.12. The number of aliphatic hydroxyl groups excluding tert-OH is 1. The molecule has 3 aromatic rings. The first-order chi connectivity index (χ1) is 12.7. The van der Waals surface area contributed by atoms with Crippen LogP contribution in [-0.4, -0.2) is 16.0 Å². The minimum absolute atomic E-state index is 0.0909. The highest BCUT2D eigenvalue weighted by atomic mass is 35.5. The van der Waals surface area contributed by atoms with Crippen LogP contribution in [0.25, 0.3) is 11.3 Å². The highest BCUT2D eigenvalue weighted by Crippen LogP contribution is 2.34. The maximum absolute atomic E-state index is 9.02. The smallest absolute Gasteiger partial charge is 0.0932 e. The van der Waals surface area contributed by atoms with Crippen molar-refractivity contribution in [3.8, 4) is 11.3 Å². The second kappa shape index (κ2) is 7.70. The Kier molecular flexibility index (Phi) is 5.16. The van der Waals surface area contributed by atoms with Crippen LogP contribution < -0.4 is 5.32 Å². The molecule has 132 valence electrons. The van der Waals surface area contributed by atoms with Gasteiger partial charge < -0.3 is 10.4 Å². The van der Waals surface area contributed by atoms with Crippen LogP contribution in [0.4, 0.5) is 11.4 Å². The van der Waals surface area contributed by atoms with Crippen LogP contribution in [-0.2, 0) is 12.8 Å². The summed E-state index contributed by atoms with van der Waals surface area (Å²) >= 11 is 7.58. The number of hydrogen-bond acceptors (Lipinski definition) is 4. The Labute approximate surface area is 162 Å². The van der Waals surface area contributed by atoms with Crippen LogP contribution >= 0.6 is 23.4 Å². The average molecular weight is 383 g/mol. The van der Waals surface area contributed by atoms with Crippen molar-refractivity contribution >= 4 is 34.7 Å². The Morgan fingerprint density at radius 2 is 1.92 bits per heavy atom. The van der Waals surface area contributed by atoms with Gasteiger partial charge in [0.2, 0.25) is 0 Å². The molecule has 0 unspecified atom stereocenters. The maximum atomic E-state index is 9.02. The lowest BCUT2D eigenvalue weighted by Crippen LogP contribution is -2.00. The van der Waals surface area contributed by atoms with E-state index in [-0.39, 0.29) is 5.94 Å². The van der Waals surface area contributed by atoms with E-state index in [1.165, 1.54) is 23.0 Å². The third-order valence-corrected chi connectivity index (χ3v) is 5.50. The van der Waals surface area contributed by atoms with Crippen molar-refractivity contribution in [3.05, 3.63) is 70.9 Å². The van der Waals surface area contributed by atoms with Crippen molar-refractivity contribution in [2.24, 2.45) is 0 Å². The largest absolute Gasteiger partial charge is 0.385 e. The number of aliphatic hydroxyl groups is 1. The molecule has 1 aliphatic rings. The van der Waals surface area contributed by atoms with E-state index in [2.05, 4.69) is 11.4 Å². The zero-order valence-corrected chi connectivity index (χ0v) is 15.8. The summed E-state index contributed by atoms with van der Waals surface area (Å²) in [7, 11) is 0. The van der Waals surface area contributed by atoms with Crippen LogP contribution in [0.3, 0.4) is 0 Å². The van der Waals surface area contributed by atoms with Gasteiger partial charge in [-0.25, -0.2) is 0 Å². The molecule has 0 spiro atoms. The Bertz CT molecular complexity index is 928. The van der Waals surface area contributed by atoms with Crippen LogP contribution in [0.15, 0.2) is 59.5 Å². The van der Waals surface area contributed by atoms with Gasteiger partial charge in [0.25, 0.3) is 0 Å². The predicted molar refractivity (Wildman–Crippen MR) is 109 cm³/mol. The van der Waals surface area contributed by atoms with Crippen molar-refractivity contribution < 1.29 is 5.11 Å². The van der Waals surface area contributed by atoms with E-state index >= 15 is 0 Å². The zero-order valence-electron chi connectivity index (χ0n) is 14.2. The normalized spacial score (nSPS) is 12.8. The molecule has 1 aliphatic carbocycles. The Hall–Kier alpha value is -2.01. The molecule has 5 heteroatoms. The molecule has 2 aromatic carbocycles. The Morgan fingerprint density at radius 3 is 2.69 bits per heavy atom.